The van der Waals surface area contributed by atoms with Gasteiger partial charge in [-0.1, -0.05) is 13.8 Å². The number of nitrogens with zero attached hydrogens (tertiary/aromatic N) is 1. The largest absolute Gasteiger partial charge is 0.380 e. The first-order valence-corrected chi connectivity index (χ1v) is 5.13. The Hall–Kier alpha value is -0.320. The van der Waals surface area contributed by atoms with Crippen LogP contribution in [0.5, 0.6) is 0 Å². The summed E-state index contributed by atoms with van der Waals surface area (Å²) in [5, 5.41) is 0. The third-order valence-corrected chi connectivity index (χ3v) is 2.79. The number of halogens is 1. The zero-order chi connectivity index (χ0) is 10.7. The second-order valence-electron chi connectivity index (χ2n) is 4.20. The van der Waals surface area contributed by atoms with Gasteiger partial charge in [0.25, 0.3) is 0 Å². The third kappa shape index (κ3) is 3.63. The number of methoxy groups -OCH3 is 1. The van der Waals surface area contributed by atoms with Crippen molar-refractivity contribution in [1.29, 1.82) is 0 Å². The maximum absolute atomic E-state index is 11.8. The Labute approximate surface area is 97.5 Å². The van der Waals surface area contributed by atoms with E-state index in [1.807, 2.05) is 13.8 Å². The highest BCUT2D eigenvalue weighted by atomic mass is 35.5. The van der Waals surface area contributed by atoms with Crippen LogP contribution < -0.4 is 5.73 Å². The van der Waals surface area contributed by atoms with E-state index in [-0.39, 0.29) is 36.4 Å². The molecule has 0 saturated carbocycles. The summed E-state index contributed by atoms with van der Waals surface area (Å²) < 4.78 is 5.20. The highest BCUT2D eigenvalue weighted by Gasteiger charge is 2.30. The van der Waals surface area contributed by atoms with Gasteiger partial charge >= 0.3 is 0 Å². The molecule has 1 aliphatic rings. The van der Waals surface area contributed by atoms with Crippen molar-refractivity contribution in [3.8, 4) is 0 Å². The molecule has 5 heteroatoms. The van der Waals surface area contributed by atoms with Gasteiger partial charge in [-0.25, -0.2) is 0 Å². The predicted octanol–water partition coefficient (Wildman–Crippen LogP) is 0.639. The van der Waals surface area contributed by atoms with Gasteiger partial charge in [-0.15, -0.1) is 12.4 Å². The standard InChI is InChI=1S/C10H20N2O2.ClH/c1-7(2)9(11)10(13)12-5-4-8(6-12)14-3;/h7-9H,4-6,11H2,1-3H3;1H/t8-,9-;/m0./s1. The zero-order valence-electron chi connectivity index (χ0n) is 9.60. The number of hydrogen-bond acceptors (Lipinski definition) is 3. The van der Waals surface area contributed by atoms with Gasteiger partial charge < -0.3 is 15.4 Å². The maximum atomic E-state index is 11.8. The topological polar surface area (TPSA) is 55.6 Å². The van der Waals surface area contributed by atoms with Gasteiger partial charge in [0, 0.05) is 20.2 Å². The van der Waals surface area contributed by atoms with Crippen molar-refractivity contribution in [2.24, 2.45) is 11.7 Å². The molecular formula is C10H21ClN2O2. The predicted molar refractivity (Wildman–Crippen MR) is 62.1 cm³/mol. The lowest BCUT2D eigenvalue weighted by molar-refractivity contribution is -0.132. The highest BCUT2D eigenvalue weighted by Crippen LogP contribution is 2.14. The van der Waals surface area contributed by atoms with Crippen molar-refractivity contribution in [3.05, 3.63) is 0 Å². The summed E-state index contributed by atoms with van der Waals surface area (Å²) in [5.41, 5.74) is 5.79. The number of amides is 1. The molecule has 1 fully saturated rings. The fourth-order valence-electron chi connectivity index (χ4n) is 1.62. The van der Waals surface area contributed by atoms with E-state index in [4.69, 9.17) is 10.5 Å². The van der Waals surface area contributed by atoms with Gasteiger partial charge in [-0.3, -0.25) is 4.79 Å². The minimum atomic E-state index is -0.370. The van der Waals surface area contributed by atoms with E-state index in [1.165, 1.54) is 0 Å². The summed E-state index contributed by atoms with van der Waals surface area (Å²) >= 11 is 0. The quantitative estimate of drug-likeness (QED) is 0.783. The fraction of sp³-hybridized carbons (Fsp3) is 0.900. The van der Waals surface area contributed by atoms with Crippen molar-refractivity contribution in [1.82, 2.24) is 4.90 Å². The zero-order valence-corrected chi connectivity index (χ0v) is 10.4. The van der Waals surface area contributed by atoms with Gasteiger partial charge in [0.05, 0.1) is 12.1 Å². The Kier molecular flexibility index (Phi) is 6.17. The van der Waals surface area contributed by atoms with Crippen molar-refractivity contribution >= 4 is 18.3 Å². The van der Waals surface area contributed by atoms with Gasteiger partial charge in [0.15, 0.2) is 0 Å². The first-order valence-electron chi connectivity index (χ1n) is 5.13. The third-order valence-electron chi connectivity index (χ3n) is 2.79. The molecule has 0 aromatic rings. The first kappa shape index (κ1) is 14.7. The van der Waals surface area contributed by atoms with Crippen LogP contribution in [0.3, 0.4) is 0 Å². The van der Waals surface area contributed by atoms with Gasteiger partial charge in [-0.05, 0) is 12.3 Å². The number of rotatable bonds is 3. The van der Waals surface area contributed by atoms with Crippen LogP contribution in [-0.2, 0) is 9.53 Å². The number of hydrogen-bond donors (Lipinski definition) is 1. The summed E-state index contributed by atoms with van der Waals surface area (Å²) in [6, 6.07) is -0.370. The molecule has 1 saturated heterocycles. The number of carbonyl (C=O) groups is 1. The Morgan fingerprint density at radius 2 is 2.13 bits per heavy atom. The molecule has 15 heavy (non-hydrogen) atoms. The minimum Gasteiger partial charge on any atom is -0.380 e. The number of ether oxygens (including phenoxy) is 1. The lowest BCUT2D eigenvalue weighted by Crippen LogP contribution is -2.45. The molecular weight excluding hydrogens is 216 g/mol. The Balaban J connectivity index is 0.00000196. The van der Waals surface area contributed by atoms with Gasteiger partial charge in [0.2, 0.25) is 5.91 Å². The monoisotopic (exact) mass is 236 g/mol. The Morgan fingerprint density at radius 3 is 2.53 bits per heavy atom. The molecule has 0 radical (unpaired) electrons. The highest BCUT2D eigenvalue weighted by molar-refractivity contribution is 5.85. The average molecular weight is 237 g/mol. The van der Waals surface area contributed by atoms with E-state index >= 15 is 0 Å². The number of carbonyl (C=O) groups excluding carboxylic acids is 1. The summed E-state index contributed by atoms with van der Waals surface area (Å²) in [6.07, 6.45) is 1.12. The van der Waals surface area contributed by atoms with E-state index in [0.717, 1.165) is 13.0 Å². The minimum absolute atomic E-state index is 0. The van der Waals surface area contributed by atoms with Crippen molar-refractivity contribution in [2.45, 2.75) is 32.4 Å². The number of likely N-dealkylation sites (tertiary alicyclic amines) is 1. The lowest BCUT2D eigenvalue weighted by atomic mass is 10.0. The molecule has 1 rings (SSSR count). The molecule has 1 amide bonds. The molecule has 0 bridgehead atoms. The summed E-state index contributed by atoms with van der Waals surface area (Å²) in [7, 11) is 1.68. The maximum Gasteiger partial charge on any atom is 0.239 e. The molecule has 4 nitrogen and oxygen atoms in total. The summed E-state index contributed by atoms with van der Waals surface area (Å²) in [6.45, 7) is 5.40. The van der Waals surface area contributed by atoms with Crippen molar-refractivity contribution in [2.75, 3.05) is 20.2 Å². The molecule has 90 valence electrons. The normalized spacial score (nSPS) is 22.7. The van der Waals surface area contributed by atoms with Crippen LogP contribution in [0.15, 0.2) is 0 Å². The smallest absolute Gasteiger partial charge is 0.239 e. The Morgan fingerprint density at radius 1 is 1.53 bits per heavy atom. The van der Waals surface area contributed by atoms with E-state index in [0.29, 0.717) is 6.54 Å². The van der Waals surface area contributed by atoms with Crippen LogP contribution in [0, 0.1) is 5.92 Å². The molecule has 0 aliphatic carbocycles. The summed E-state index contributed by atoms with van der Waals surface area (Å²) in [5.74, 6) is 0.253. The van der Waals surface area contributed by atoms with Gasteiger partial charge in [-0.2, -0.15) is 0 Å². The molecule has 0 aromatic carbocycles. The van der Waals surface area contributed by atoms with Crippen LogP contribution >= 0.6 is 12.4 Å². The van der Waals surface area contributed by atoms with Crippen LogP contribution in [-0.4, -0.2) is 43.2 Å². The van der Waals surface area contributed by atoms with E-state index < -0.39 is 0 Å². The van der Waals surface area contributed by atoms with E-state index in [1.54, 1.807) is 12.0 Å². The van der Waals surface area contributed by atoms with Crippen molar-refractivity contribution in [3.63, 3.8) is 0 Å². The Bertz CT molecular complexity index is 212. The van der Waals surface area contributed by atoms with E-state index in [9.17, 15) is 4.79 Å². The molecule has 2 N–H and O–H groups in total. The van der Waals surface area contributed by atoms with Crippen molar-refractivity contribution < 1.29 is 9.53 Å². The lowest BCUT2D eigenvalue weighted by Gasteiger charge is -2.22. The molecule has 0 spiro atoms. The SMILES string of the molecule is CO[C@H]1CCN(C(=O)[C@@H](N)C(C)C)C1.Cl. The van der Waals surface area contributed by atoms with Gasteiger partial charge in [0.1, 0.15) is 0 Å². The molecule has 1 aliphatic heterocycles. The number of nitrogens with two attached hydrogens (primary N) is 1. The van der Waals surface area contributed by atoms with Crippen LogP contribution in [0.25, 0.3) is 0 Å². The van der Waals surface area contributed by atoms with E-state index in [2.05, 4.69) is 0 Å². The average Bonchev–Trinajstić information content (AvgIpc) is 2.63. The second kappa shape index (κ2) is 6.30. The fourth-order valence-corrected chi connectivity index (χ4v) is 1.62. The second-order valence-corrected chi connectivity index (χ2v) is 4.20. The molecule has 0 aromatic heterocycles. The van der Waals surface area contributed by atoms with Crippen LogP contribution in [0.2, 0.25) is 0 Å². The first-order chi connectivity index (χ1) is 6.56. The molecule has 1 heterocycles. The van der Waals surface area contributed by atoms with Crippen LogP contribution in [0.4, 0.5) is 0 Å². The molecule has 2 atom stereocenters. The summed E-state index contributed by atoms with van der Waals surface area (Å²) in [4.78, 5) is 13.6. The van der Waals surface area contributed by atoms with Crippen LogP contribution in [0.1, 0.15) is 20.3 Å². The molecule has 0 unspecified atom stereocenters.